The Morgan fingerprint density at radius 1 is 1.08 bits per heavy atom. The van der Waals surface area contributed by atoms with Gasteiger partial charge in [0.1, 0.15) is 5.82 Å². The van der Waals surface area contributed by atoms with Gasteiger partial charge in [0.2, 0.25) is 5.82 Å². The SMILES string of the molecule is O=C(NCc1ccc(Sc2ccc(F)cc2)cc1)c1n[nH]c(=O)[nH]1. The molecule has 0 unspecified atom stereocenters. The van der Waals surface area contributed by atoms with Gasteiger partial charge in [0.25, 0.3) is 5.91 Å². The Hall–Kier alpha value is -2.87. The largest absolute Gasteiger partial charge is 0.345 e. The van der Waals surface area contributed by atoms with Crippen molar-refractivity contribution < 1.29 is 9.18 Å². The Kier molecular flexibility index (Phi) is 4.76. The van der Waals surface area contributed by atoms with E-state index in [1.807, 2.05) is 24.3 Å². The number of H-pyrrole nitrogens is 2. The van der Waals surface area contributed by atoms with Gasteiger partial charge in [0.05, 0.1) is 0 Å². The van der Waals surface area contributed by atoms with Crippen molar-refractivity contribution in [1.29, 1.82) is 0 Å². The molecule has 0 saturated carbocycles. The molecule has 0 fully saturated rings. The van der Waals surface area contributed by atoms with E-state index in [2.05, 4.69) is 20.5 Å². The van der Waals surface area contributed by atoms with Crippen molar-refractivity contribution in [3.05, 3.63) is 76.2 Å². The van der Waals surface area contributed by atoms with Gasteiger partial charge < -0.3 is 5.32 Å². The molecular weight excluding hydrogens is 331 g/mol. The predicted molar refractivity (Wildman–Crippen MR) is 87.3 cm³/mol. The van der Waals surface area contributed by atoms with Crippen LogP contribution < -0.4 is 11.0 Å². The molecule has 1 aromatic heterocycles. The fourth-order valence-electron chi connectivity index (χ4n) is 1.96. The van der Waals surface area contributed by atoms with Gasteiger partial charge in [-0.25, -0.2) is 14.3 Å². The third-order valence-corrected chi connectivity index (χ3v) is 4.16. The summed E-state index contributed by atoms with van der Waals surface area (Å²) in [5.74, 6) is -0.773. The minimum atomic E-state index is -0.526. The minimum Gasteiger partial charge on any atom is -0.345 e. The topological polar surface area (TPSA) is 90.6 Å². The van der Waals surface area contributed by atoms with E-state index < -0.39 is 11.6 Å². The number of nitrogens with one attached hydrogen (secondary N) is 3. The van der Waals surface area contributed by atoms with Gasteiger partial charge in [-0.05, 0) is 42.0 Å². The number of rotatable bonds is 5. The van der Waals surface area contributed by atoms with Gasteiger partial charge in [0.15, 0.2) is 0 Å². The number of aromatic amines is 2. The zero-order chi connectivity index (χ0) is 16.9. The third kappa shape index (κ3) is 4.11. The van der Waals surface area contributed by atoms with E-state index in [4.69, 9.17) is 0 Å². The van der Waals surface area contributed by atoms with Crippen molar-refractivity contribution in [1.82, 2.24) is 20.5 Å². The number of hydrogen-bond acceptors (Lipinski definition) is 4. The highest BCUT2D eigenvalue weighted by Crippen LogP contribution is 2.27. The molecule has 3 rings (SSSR count). The van der Waals surface area contributed by atoms with Gasteiger partial charge in [-0.15, -0.1) is 5.10 Å². The van der Waals surface area contributed by atoms with E-state index in [1.165, 1.54) is 23.9 Å². The van der Waals surface area contributed by atoms with E-state index in [0.717, 1.165) is 15.4 Å². The lowest BCUT2D eigenvalue weighted by Crippen LogP contribution is -2.24. The molecule has 3 aromatic rings. The summed E-state index contributed by atoms with van der Waals surface area (Å²) < 4.78 is 12.9. The van der Waals surface area contributed by atoms with Gasteiger partial charge in [-0.2, -0.15) is 0 Å². The van der Waals surface area contributed by atoms with Crippen molar-refractivity contribution in [2.75, 3.05) is 0 Å². The average molecular weight is 344 g/mol. The quantitative estimate of drug-likeness (QED) is 0.662. The van der Waals surface area contributed by atoms with E-state index >= 15 is 0 Å². The van der Waals surface area contributed by atoms with Gasteiger partial charge in [-0.3, -0.25) is 9.78 Å². The lowest BCUT2D eigenvalue weighted by molar-refractivity contribution is 0.0941. The highest BCUT2D eigenvalue weighted by molar-refractivity contribution is 7.99. The van der Waals surface area contributed by atoms with Crippen molar-refractivity contribution in [2.45, 2.75) is 16.3 Å². The first kappa shape index (κ1) is 16.0. The summed E-state index contributed by atoms with van der Waals surface area (Å²) in [6, 6.07) is 13.9. The predicted octanol–water partition coefficient (Wildman–Crippen LogP) is 2.32. The Morgan fingerprint density at radius 3 is 2.29 bits per heavy atom. The zero-order valence-corrected chi connectivity index (χ0v) is 13.2. The molecule has 1 heterocycles. The maximum Gasteiger partial charge on any atom is 0.341 e. The van der Waals surface area contributed by atoms with Gasteiger partial charge in [0, 0.05) is 16.3 Å². The summed E-state index contributed by atoms with van der Waals surface area (Å²) in [5, 5.41) is 8.36. The Morgan fingerprint density at radius 2 is 1.71 bits per heavy atom. The normalized spacial score (nSPS) is 10.5. The first-order valence-electron chi connectivity index (χ1n) is 7.05. The molecule has 0 radical (unpaired) electrons. The molecule has 122 valence electrons. The van der Waals surface area contributed by atoms with Crippen LogP contribution in [0.1, 0.15) is 16.2 Å². The minimum absolute atomic E-state index is 0.0523. The highest BCUT2D eigenvalue weighted by Gasteiger charge is 2.09. The first-order valence-corrected chi connectivity index (χ1v) is 7.87. The fourth-order valence-corrected chi connectivity index (χ4v) is 2.77. The van der Waals surface area contributed by atoms with Gasteiger partial charge in [-0.1, -0.05) is 23.9 Å². The summed E-state index contributed by atoms with van der Waals surface area (Å²) in [6.45, 7) is 0.315. The van der Waals surface area contributed by atoms with E-state index in [0.29, 0.717) is 6.54 Å². The molecular formula is C16H13FN4O2S. The molecule has 0 spiro atoms. The lowest BCUT2D eigenvalue weighted by Gasteiger charge is -2.05. The van der Waals surface area contributed by atoms with E-state index in [1.54, 1.807) is 12.1 Å². The number of carbonyl (C=O) groups excluding carboxylic acids is 1. The van der Waals surface area contributed by atoms with Crippen LogP contribution in [0.3, 0.4) is 0 Å². The van der Waals surface area contributed by atoms with E-state index in [9.17, 15) is 14.0 Å². The number of nitrogens with zero attached hydrogens (tertiary/aromatic N) is 1. The number of amides is 1. The molecule has 6 nitrogen and oxygen atoms in total. The smallest absolute Gasteiger partial charge is 0.341 e. The molecule has 3 N–H and O–H groups in total. The molecule has 0 bridgehead atoms. The monoisotopic (exact) mass is 344 g/mol. The number of carbonyl (C=O) groups is 1. The fraction of sp³-hybridized carbons (Fsp3) is 0.0625. The lowest BCUT2D eigenvalue weighted by atomic mass is 10.2. The molecule has 0 saturated heterocycles. The standard InChI is InChI=1S/C16H13FN4O2S/c17-11-3-7-13(8-4-11)24-12-5-1-10(2-6-12)9-18-15(22)14-19-16(23)21-20-14/h1-8H,9H2,(H,18,22)(H2,19,20,21,23). The van der Waals surface area contributed by atoms with Crippen LogP contribution in [-0.4, -0.2) is 21.1 Å². The van der Waals surface area contributed by atoms with Crippen molar-refractivity contribution in [3.63, 3.8) is 0 Å². The Bertz CT molecular complexity index is 887. The molecule has 0 aliphatic heterocycles. The summed E-state index contributed by atoms with van der Waals surface area (Å²) in [7, 11) is 0. The zero-order valence-electron chi connectivity index (χ0n) is 12.4. The third-order valence-electron chi connectivity index (χ3n) is 3.14. The molecule has 0 aliphatic rings. The second-order valence-corrected chi connectivity index (χ2v) is 6.06. The molecule has 2 aromatic carbocycles. The van der Waals surface area contributed by atoms with Crippen LogP contribution in [0.5, 0.6) is 0 Å². The molecule has 8 heteroatoms. The number of hydrogen-bond donors (Lipinski definition) is 3. The summed E-state index contributed by atoms with van der Waals surface area (Å²) in [6.07, 6.45) is 0. The molecule has 24 heavy (non-hydrogen) atoms. The summed E-state index contributed by atoms with van der Waals surface area (Å²) in [4.78, 5) is 26.9. The van der Waals surface area contributed by atoms with Crippen LogP contribution in [0.15, 0.2) is 63.1 Å². The Labute approximate surface area is 140 Å². The van der Waals surface area contributed by atoms with Crippen LogP contribution in [0.2, 0.25) is 0 Å². The maximum atomic E-state index is 12.9. The molecule has 1 amide bonds. The van der Waals surface area contributed by atoms with Gasteiger partial charge >= 0.3 is 5.69 Å². The molecule has 0 aliphatic carbocycles. The number of halogens is 1. The average Bonchev–Trinajstić information content (AvgIpc) is 3.03. The van der Waals surface area contributed by atoms with Crippen LogP contribution >= 0.6 is 11.8 Å². The summed E-state index contributed by atoms with van der Waals surface area (Å²) >= 11 is 1.52. The number of benzene rings is 2. The van der Waals surface area contributed by atoms with Crippen LogP contribution in [0, 0.1) is 5.82 Å². The molecule has 0 atom stereocenters. The van der Waals surface area contributed by atoms with Crippen LogP contribution in [0.25, 0.3) is 0 Å². The van der Waals surface area contributed by atoms with Crippen molar-refractivity contribution in [2.24, 2.45) is 0 Å². The van der Waals surface area contributed by atoms with Crippen LogP contribution in [0.4, 0.5) is 4.39 Å². The first-order chi connectivity index (χ1) is 11.6. The van der Waals surface area contributed by atoms with Crippen molar-refractivity contribution in [3.8, 4) is 0 Å². The summed E-state index contributed by atoms with van der Waals surface area (Å²) in [5.41, 5.74) is 0.381. The van der Waals surface area contributed by atoms with Crippen molar-refractivity contribution >= 4 is 17.7 Å². The highest BCUT2D eigenvalue weighted by atomic mass is 32.2. The maximum absolute atomic E-state index is 12.9. The number of aromatic nitrogens is 3. The van der Waals surface area contributed by atoms with E-state index in [-0.39, 0.29) is 11.6 Å². The van der Waals surface area contributed by atoms with Crippen LogP contribution in [-0.2, 0) is 6.54 Å². The Balaban J connectivity index is 1.57. The second-order valence-electron chi connectivity index (χ2n) is 4.91. The second kappa shape index (κ2) is 7.14.